The zero-order chi connectivity index (χ0) is 5.86. The Kier molecular flexibility index (Phi) is 6.67. The maximum absolute atomic E-state index is 9.81. The first-order valence-corrected chi connectivity index (χ1v) is 2.34. The van der Waals surface area contributed by atoms with Crippen LogP contribution in [0.15, 0.2) is 0 Å². The fourth-order valence-electron chi connectivity index (χ4n) is 0.349. The van der Waals surface area contributed by atoms with E-state index in [1.54, 1.807) is 0 Å². The van der Waals surface area contributed by atoms with E-state index in [9.17, 15) is 4.79 Å². The predicted molar refractivity (Wildman–Crippen MR) is 37.5 cm³/mol. The lowest BCUT2D eigenvalue weighted by molar-refractivity contribution is -0.137. The van der Waals surface area contributed by atoms with Crippen LogP contribution in [0.1, 0.15) is 20.3 Å². The van der Waals surface area contributed by atoms with Crippen LogP contribution in [0.25, 0.3) is 0 Å². The molecule has 0 aliphatic heterocycles. The molecule has 0 spiro atoms. The van der Waals surface area contributed by atoms with Crippen LogP contribution in [-0.2, 0) is 4.79 Å². The Bertz CT molecular complexity index is 70.8. The molecule has 0 radical (unpaired) electrons. The lowest BCUT2D eigenvalue weighted by Gasteiger charge is -1.94. The van der Waals surface area contributed by atoms with Crippen LogP contribution >= 0.6 is 13.5 Å². The Morgan fingerprint density at radius 2 is 2.00 bits per heavy atom. The summed E-state index contributed by atoms with van der Waals surface area (Å²) < 4.78 is 0. The number of carboxylic acid groups (broad SMARTS) is 1. The van der Waals surface area contributed by atoms with Crippen LogP contribution < -0.4 is 0 Å². The lowest BCUT2D eigenvalue weighted by atomic mass is 10.1. The molecule has 0 saturated heterocycles. The molecule has 0 aliphatic carbocycles. The van der Waals surface area contributed by atoms with Gasteiger partial charge in [0, 0.05) is 6.42 Å². The third-order valence-corrected chi connectivity index (χ3v) is 0.583. The highest BCUT2D eigenvalue weighted by atomic mass is 32.1. The Morgan fingerprint density at radius 3 is 2.00 bits per heavy atom. The van der Waals surface area contributed by atoms with Crippen molar-refractivity contribution in [2.45, 2.75) is 20.3 Å². The molecule has 0 fully saturated rings. The Hall–Kier alpha value is -0.180. The van der Waals surface area contributed by atoms with Crippen LogP contribution in [0.5, 0.6) is 0 Å². The molecule has 1 N–H and O–H groups in total. The number of hydrogen-bond donors (Lipinski definition) is 1. The van der Waals surface area contributed by atoms with E-state index in [0.717, 1.165) is 0 Å². The normalized spacial score (nSPS) is 8.38. The van der Waals surface area contributed by atoms with E-state index in [1.165, 1.54) is 0 Å². The summed E-state index contributed by atoms with van der Waals surface area (Å²) >= 11 is 0. The number of carbonyl (C=O) groups is 1. The average molecular weight is 136 g/mol. The summed E-state index contributed by atoms with van der Waals surface area (Å²) in [4.78, 5) is 9.81. The molecule has 0 bridgehead atoms. The molecule has 8 heavy (non-hydrogen) atoms. The van der Waals surface area contributed by atoms with E-state index in [0.29, 0.717) is 0 Å². The van der Waals surface area contributed by atoms with E-state index in [2.05, 4.69) is 0 Å². The first-order valence-electron chi connectivity index (χ1n) is 2.34. The minimum Gasteiger partial charge on any atom is -0.481 e. The Labute approximate surface area is 56.3 Å². The number of aliphatic carboxylic acids is 1. The van der Waals surface area contributed by atoms with Gasteiger partial charge in [0.2, 0.25) is 0 Å². The standard InChI is InChI=1S/C5H10O2.H2S/c1-4(2)3-5(6)7;/h4H,3H2,1-2H3,(H,6,7);1H2. The quantitative estimate of drug-likeness (QED) is 0.620. The second-order valence-electron chi connectivity index (χ2n) is 1.99. The second kappa shape index (κ2) is 4.97. The van der Waals surface area contributed by atoms with Crippen molar-refractivity contribution in [2.24, 2.45) is 5.92 Å². The number of hydrogen-bond acceptors (Lipinski definition) is 1. The molecule has 0 heterocycles. The Morgan fingerprint density at radius 1 is 1.62 bits per heavy atom. The second-order valence-corrected chi connectivity index (χ2v) is 1.99. The molecule has 0 saturated carbocycles. The van der Waals surface area contributed by atoms with Gasteiger partial charge in [-0.1, -0.05) is 13.8 Å². The van der Waals surface area contributed by atoms with Gasteiger partial charge in [-0.3, -0.25) is 4.79 Å². The van der Waals surface area contributed by atoms with Crippen molar-refractivity contribution in [3.05, 3.63) is 0 Å². The monoisotopic (exact) mass is 136 g/mol. The third kappa shape index (κ3) is 9.27. The summed E-state index contributed by atoms with van der Waals surface area (Å²) in [6.45, 7) is 3.77. The maximum Gasteiger partial charge on any atom is 0.303 e. The molecule has 3 heteroatoms. The van der Waals surface area contributed by atoms with Crippen molar-refractivity contribution in [1.82, 2.24) is 0 Å². The third-order valence-electron chi connectivity index (χ3n) is 0.583. The predicted octanol–water partition coefficient (Wildman–Crippen LogP) is 1.23. The highest BCUT2D eigenvalue weighted by molar-refractivity contribution is 7.59. The molecule has 0 amide bonds. The van der Waals surface area contributed by atoms with Gasteiger partial charge >= 0.3 is 5.97 Å². The smallest absolute Gasteiger partial charge is 0.303 e. The highest BCUT2D eigenvalue weighted by Gasteiger charge is 1.98. The molecule has 0 atom stereocenters. The van der Waals surface area contributed by atoms with Crippen molar-refractivity contribution >= 4 is 19.5 Å². The van der Waals surface area contributed by atoms with Gasteiger partial charge in [-0.2, -0.15) is 13.5 Å². The maximum atomic E-state index is 9.81. The lowest BCUT2D eigenvalue weighted by Crippen LogP contribution is -1.99. The molecule has 0 aromatic rings. The van der Waals surface area contributed by atoms with Crippen molar-refractivity contribution in [3.8, 4) is 0 Å². The molecule has 0 aromatic carbocycles. The van der Waals surface area contributed by atoms with Crippen LogP contribution in [0, 0.1) is 5.92 Å². The summed E-state index contributed by atoms with van der Waals surface area (Å²) in [7, 11) is 0. The summed E-state index contributed by atoms with van der Waals surface area (Å²) in [5.41, 5.74) is 0. The molecule has 2 nitrogen and oxygen atoms in total. The largest absolute Gasteiger partial charge is 0.481 e. The molecule has 0 aliphatic rings. The molecule has 50 valence electrons. The van der Waals surface area contributed by atoms with Crippen molar-refractivity contribution < 1.29 is 9.90 Å². The van der Waals surface area contributed by atoms with Crippen LogP contribution in [0.2, 0.25) is 0 Å². The molecule has 0 rings (SSSR count). The van der Waals surface area contributed by atoms with E-state index in [-0.39, 0.29) is 25.8 Å². The Balaban J connectivity index is 0. The van der Waals surface area contributed by atoms with Gasteiger partial charge in [0.1, 0.15) is 0 Å². The topological polar surface area (TPSA) is 37.3 Å². The van der Waals surface area contributed by atoms with Crippen LogP contribution in [0.3, 0.4) is 0 Å². The average Bonchev–Trinajstić information content (AvgIpc) is 1.27. The van der Waals surface area contributed by atoms with E-state index < -0.39 is 5.97 Å². The number of rotatable bonds is 2. The van der Waals surface area contributed by atoms with Crippen molar-refractivity contribution in [1.29, 1.82) is 0 Å². The SMILES string of the molecule is CC(C)CC(=O)O.S. The minimum atomic E-state index is -0.713. The number of carboxylic acids is 1. The molecular weight excluding hydrogens is 124 g/mol. The van der Waals surface area contributed by atoms with Gasteiger partial charge in [0.05, 0.1) is 0 Å². The van der Waals surface area contributed by atoms with Gasteiger partial charge in [-0.25, -0.2) is 0 Å². The van der Waals surface area contributed by atoms with E-state index in [1.807, 2.05) is 13.8 Å². The van der Waals surface area contributed by atoms with Gasteiger partial charge in [0.15, 0.2) is 0 Å². The summed E-state index contributed by atoms with van der Waals surface area (Å²) in [5, 5.41) is 8.08. The van der Waals surface area contributed by atoms with Gasteiger partial charge in [-0.15, -0.1) is 0 Å². The minimum absolute atomic E-state index is 0. The van der Waals surface area contributed by atoms with Crippen molar-refractivity contribution in [2.75, 3.05) is 0 Å². The fourth-order valence-corrected chi connectivity index (χ4v) is 0.349. The summed E-state index contributed by atoms with van der Waals surface area (Å²) in [6.07, 6.45) is 0.278. The zero-order valence-electron chi connectivity index (χ0n) is 5.14. The summed E-state index contributed by atoms with van der Waals surface area (Å²) in [6, 6.07) is 0. The van der Waals surface area contributed by atoms with Crippen LogP contribution in [-0.4, -0.2) is 11.1 Å². The van der Waals surface area contributed by atoms with Gasteiger partial charge < -0.3 is 5.11 Å². The first-order chi connectivity index (χ1) is 3.13. The molecule has 0 unspecified atom stereocenters. The van der Waals surface area contributed by atoms with Crippen molar-refractivity contribution in [3.63, 3.8) is 0 Å². The molecular formula is C5H12O2S. The van der Waals surface area contributed by atoms with Gasteiger partial charge in [-0.05, 0) is 5.92 Å². The summed E-state index contributed by atoms with van der Waals surface area (Å²) in [5.74, 6) is -0.438. The zero-order valence-corrected chi connectivity index (χ0v) is 6.14. The first kappa shape index (κ1) is 10.7. The highest BCUT2D eigenvalue weighted by Crippen LogP contribution is 1.96. The fraction of sp³-hybridized carbons (Fsp3) is 0.800. The van der Waals surface area contributed by atoms with E-state index in [4.69, 9.17) is 5.11 Å². The van der Waals surface area contributed by atoms with Crippen LogP contribution in [0.4, 0.5) is 0 Å². The van der Waals surface area contributed by atoms with E-state index >= 15 is 0 Å². The van der Waals surface area contributed by atoms with Gasteiger partial charge in [0.25, 0.3) is 0 Å². The molecule has 0 aromatic heterocycles.